The van der Waals surface area contributed by atoms with E-state index in [-0.39, 0.29) is 0 Å². The summed E-state index contributed by atoms with van der Waals surface area (Å²) in [6, 6.07) is 15.6. The fourth-order valence-electron chi connectivity index (χ4n) is 3.47. The summed E-state index contributed by atoms with van der Waals surface area (Å²) >= 11 is 0. The fraction of sp³-hybridized carbons (Fsp3) is 0.238. The smallest absolute Gasteiger partial charge is 0.250 e. The molecule has 26 heavy (non-hydrogen) atoms. The van der Waals surface area contributed by atoms with Crippen molar-refractivity contribution in [2.24, 2.45) is 11.7 Å². The Morgan fingerprint density at radius 2 is 1.92 bits per heavy atom. The van der Waals surface area contributed by atoms with Crippen molar-refractivity contribution in [3.05, 3.63) is 65.9 Å². The Hall–Kier alpha value is -2.92. The lowest BCUT2D eigenvalue weighted by Gasteiger charge is -2.37. The van der Waals surface area contributed by atoms with Crippen molar-refractivity contribution in [2.45, 2.75) is 13.5 Å². The van der Waals surface area contributed by atoms with Crippen LogP contribution in [-0.4, -0.2) is 28.9 Å². The van der Waals surface area contributed by atoms with Gasteiger partial charge in [-0.05, 0) is 29.0 Å². The number of aromatic nitrogens is 1. The molecule has 2 N–H and O–H groups in total. The van der Waals surface area contributed by atoms with Crippen LogP contribution in [0.1, 0.15) is 22.8 Å². The standard InChI is InChI=1S/C21H21N3O2/c1-14-11-24(12-14)13-16-4-2-6-18-17(16)5-3-7-19(18)26-20-9-8-15(10-23-20)21(22)25/h2-10,14H,11-13H2,1H3,(H2,22,25). The minimum atomic E-state index is -0.501. The number of hydrogen-bond donors (Lipinski definition) is 1. The van der Waals surface area contributed by atoms with Gasteiger partial charge in [0.05, 0.1) is 5.56 Å². The number of nitrogens with zero attached hydrogens (tertiary/aromatic N) is 2. The molecule has 2 heterocycles. The van der Waals surface area contributed by atoms with E-state index in [1.165, 1.54) is 17.1 Å². The molecule has 0 aliphatic carbocycles. The van der Waals surface area contributed by atoms with Gasteiger partial charge in [0.2, 0.25) is 11.8 Å². The first-order valence-corrected chi connectivity index (χ1v) is 8.77. The van der Waals surface area contributed by atoms with Crippen LogP contribution < -0.4 is 10.5 Å². The summed E-state index contributed by atoms with van der Waals surface area (Å²) in [7, 11) is 0. The van der Waals surface area contributed by atoms with Gasteiger partial charge in [0.15, 0.2) is 0 Å². The normalized spacial score (nSPS) is 15.0. The summed E-state index contributed by atoms with van der Waals surface area (Å²) in [4.78, 5) is 17.8. The van der Waals surface area contributed by atoms with E-state index in [2.05, 4.69) is 41.1 Å². The molecule has 1 aromatic heterocycles. The predicted octanol–water partition coefficient (Wildman–Crippen LogP) is 3.58. The molecule has 1 aliphatic rings. The van der Waals surface area contributed by atoms with Crippen LogP contribution in [-0.2, 0) is 6.54 Å². The van der Waals surface area contributed by atoms with Crippen molar-refractivity contribution in [2.75, 3.05) is 13.1 Å². The quantitative estimate of drug-likeness (QED) is 0.766. The topological polar surface area (TPSA) is 68.5 Å². The van der Waals surface area contributed by atoms with Crippen LogP contribution in [0.2, 0.25) is 0 Å². The zero-order valence-electron chi connectivity index (χ0n) is 14.7. The monoisotopic (exact) mass is 347 g/mol. The lowest BCUT2D eigenvalue weighted by molar-refractivity contribution is 0.1000. The molecule has 1 amide bonds. The van der Waals surface area contributed by atoms with Gasteiger partial charge in [-0.3, -0.25) is 9.69 Å². The third-order valence-corrected chi connectivity index (χ3v) is 4.74. The highest BCUT2D eigenvalue weighted by atomic mass is 16.5. The number of carbonyl (C=O) groups is 1. The molecule has 0 radical (unpaired) electrons. The number of nitrogens with two attached hydrogens (primary N) is 1. The Bertz CT molecular complexity index is 947. The Balaban J connectivity index is 1.62. The van der Waals surface area contributed by atoms with Crippen molar-refractivity contribution in [3.63, 3.8) is 0 Å². The molecular formula is C21H21N3O2. The summed E-state index contributed by atoms with van der Waals surface area (Å²) in [6.45, 7) is 5.55. The SMILES string of the molecule is CC1CN(Cc2cccc3c(Oc4ccc(C(N)=O)cn4)cccc23)C1. The number of amides is 1. The lowest BCUT2D eigenvalue weighted by atomic mass is 9.99. The van der Waals surface area contributed by atoms with Gasteiger partial charge in [-0.1, -0.05) is 37.3 Å². The van der Waals surface area contributed by atoms with E-state index < -0.39 is 5.91 Å². The third-order valence-electron chi connectivity index (χ3n) is 4.74. The summed E-state index contributed by atoms with van der Waals surface area (Å²) < 4.78 is 5.97. The van der Waals surface area contributed by atoms with Crippen LogP contribution in [0.3, 0.4) is 0 Å². The molecule has 2 aromatic carbocycles. The number of carbonyl (C=O) groups excluding carboxylic acids is 1. The molecule has 0 saturated carbocycles. The number of benzene rings is 2. The number of pyridine rings is 1. The van der Waals surface area contributed by atoms with Crippen LogP contribution in [0.25, 0.3) is 10.8 Å². The van der Waals surface area contributed by atoms with Gasteiger partial charge >= 0.3 is 0 Å². The summed E-state index contributed by atoms with van der Waals surface area (Å²) in [5, 5.41) is 2.25. The molecule has 1 aliphatic heterocycles. The zero-order chi connectivity index (χ0) is 18.1. The second-order valence-electron chi connectivity index (χ2n) is 6.92. The second-order valence-corrected chi connectivity index (χ2v) is 6.92. The Labute approximate surface area is 152 Å². The lowest BCUT2D eigenvalue weighted by Crippen LogP contribution is -2.44. The minimum absolute atomic E-state index is 0.362. The summed E-state index contributed by atoms with van der Waals surface area (Å²) in [5.74, 6) is 1.47. The Kier molecular flexibility index (Phi) is 4.31. The molecule has 4 rings (SSSR count). The van der Waals surface area contributed by atoms with Gasteiger partial charge in [0, 0.05) is 37.3 Å². The molecule has 0 spiro atoms. The van der Waals surface area contributed by atoms with Crippen LogP contribution in [0.5, 0.6) is 11.6 Å². The number of primary amides is 1. The summed E-state index contributed by atoms with van der Waals surface area (Å²) in [5.41, 5.74) is 6.91. The number of hydrogen-bond acceptors (Lipinski definition) is 4. The first-order chi connectivity index (χ1) is 12.6. The maximum absolute atomic E-state index is 11.2. The van der Waals surface area contributed by atoms with E-state index in [0.29, 0.717) is 11.4 Å². The molecular weight excluding hydrogens is 326 g/mol. The Morgan fingerprint density at radius 1 is 1.15 bits per heavy atom. The average molecular weight is 347 g/mol. The highest BCUT2D eigenvalue weighted by Crippen LogP contribution is 2.32. The van der Waals surface area contributed by atoms with Crippen LogP contribution in [0.4, 0.5) is 0 Å². The van der Waals surface area contributed by atoms with Gasteiger partial charge in [0.1, 0.15) is 5.75 Å². The minimum Gasteiger partial charge on any atom is -0.438 e. The van der Waals surface area contributed by atoms with Crippen molar-refractivity contribution in [1.29, 1.82) is 0 Å². The van der Waals surface area contributed by atoms with E-state index >= 15 is 0 Å². The molecule has 1 saturated heterocycles. The van der Waals surface area contributed by atoms with Crippen molar-refractivity contribution in [1.82, 2.24) is 9.88 Å². The predicted molar refractivity (Wildman–Crippen MR) is 101 cm³/mol. The average Bonchev–Trinajstić information content (AvgIpc) is 2.61. The Morgan fingerprint density at radius 3 is 2.62 bits per heavy atom. The molecule has 1 fully saturated rings. The number of fused-ring (bicyclic) bond motifs is 1. The van der Waals surface area contributed by atoms with E-state index in [0.717, 1.165) is 36.7 Å². The van der Waals surface area contributed by atoms with E-state index in [4.69, 9.17) is 10.5 Å². The van der Waals surface area contributed by atoms with E-state index in [1.807, 2.05) is 12.1 Å². The van der Waals surface area contributed by atoms with E-state index in [9.17, 15) is 4.79 Å². The maximum atomic E-state index is 11.2. The molecule has 5 nitrogen and oxygen atoms in total. The molecule has 3 aromatic rings. The maximum Gasteiger partial charge on any atom is 0.250 e. The molecule has 5 heteroatoms. The second kappa shape index (κ2) is 6.77. The van der Waals surface area contributed by atoms with Gasteiger partial charge in [0.25, 0.3) is 0 Å². The first kappa shape index (κ1) is 16.5. The van der Waals surface area contributed by atoms with E-state index in [1.54, 1.807) is 12.1 Å². The zero-order valence-corrected chi connectivity index (χ0v) is 14.7. The van der Waals surface area contributed by atoms with Crippen molar-refractivity contribution >= 4 is 16.7 Å². The highest BCUT2D eigenvalue weighted by Gasteiger charge is 2.22. The van der Waals surface area contributed by atoms with Gasteiger partial charge in [-0.15, -0.1) is 0 Å². The van der Waals surface area contributed by atoms with Crippen LogP contribution >= 0.6 is 0 Å². The van der Waals surface area contributed by atoms with Crippen LogP contribution in [0.15, 0.2) is 54.7 Å². The van der Waals surface area contributed by atoms with Crippen molar-refractivity contribution < 1.29 is 9.53 Å². The number of ether oxygens (including phenoxy) is 1. The van der Waals surface area contributed by atoms with Gasteiger partial charge in [-0.2, -0.15) is 0 Å². The first-order valence-electron chi connectivity index (χ1n) is 8.77. The number of likely N-dealkylation sites (tertiary alicyclic amines) is 1. The summed E-state index contributed by atoms with van der Waals surface area (Å²) in [6.07, 6.45) is 1.43. The number of rotatable bonds is 5. The fourth-order valence-corrected chi connectivity index (χ4v) is 3.47. The van der Waals surface area contributed by atoms with Crippen molar-refractivity contribution in [3.8, 4) is 11.6 Å². The molecule has 132 valence electrons. The van der Waals surface area contributed by atoms with Crippen LogP contribution in [0, 0.1) is 5.92 Å². The molecule has 0 atom stereocenters. The molecule has 0 bridgehead atoms. The largest absolute Gasteiger partial charge is 0.438 e. The highest BCUT2D eigenvalue weighted by molar-refractivity contribution is 5.92. The third kappa shape index (κ3) is 3.26. The van der Waals surface area contributed by atoms with Gasteiger partial charge < -0.3 is 10.5 Å². The van der Waals surface area contributed by atoms with Gasteiger partial charge in [-0.25, -0.2) is 4.98 Å². The molecule has 0 unspecified atom stereocenters.